The van der Waals surface area contributed by atoms with Crippen LogP contribution in [0.5, 0.6) is 17.2 Å². The molecule has 0 saturated carbocycles. The number of benzene rings is 3. The number of phenolic OH excluding ortho intramolecular Hbond substituents is 2. The largest absolute Gasteiger partial charge is 0.507 e. The lowest BCUT2D eigenvalue weighted by Crippen LogP contribution is -2.17. The number of hydrogen-bond acceptors (Lipinski definition) is 4. The summed E-state index contributed by atoms with van der Waals surface area (Å²) in [7, 11) is -3.18. The van der Waals surface area contributed by atoms with Crippen LogP contribution < -0.4 is 15.3 Å². The third kappa shape index (κ3) is 3.24. The van der Waals surface area contributed by atoms with Gasteiger partial charge in [0.15, 0.2) is 0 Å². The summed E-state index contributed by atoms with van der Waals surface area (Å²) >= 11 is 0. The van der Waals surface area contributed by atoms with Crippen LogP contribution >= 0.6 is 7.14 Å². The highest BCUT2D eigenvalue weighted by atomic mass is 31.2. The van der Waals surface area contributed by atoms with Gasteiger partial charge in [-0.2, -0.15) is 0 Å². The van der Waals surface area contributed by atoms with E-state index < -0.39 is 7.14 Å². The van der Waals surface area contributed by atoms with Crippen molar-refractivity contribution >= 4 is 17.8 Å². The molecule has 1 unspecified atom stereocenters. The van der Waals surface area contributed by atoms with Crippen molar-refractivity contribution in [3.63, 3.8) is 0 Å². The molecule has 0 radical (unpaired) electrons. The van der Waals surface area contributed by atoms with Gasteiger partial charge in [-0.05, 0) is 36.5 Å². The van der Waals surface area contributed by atoms with E-state index in [0.29, 0.717) is 27.5 Å². The molecule has 0 aliphatic rings. The predicted molar refractivity (Wildman–Crippen MR) is 105 cm³/mol. The van der Waals surface area contributed by atoms with E-state index in [0.717, 1.165) is 0 Å². The Bertz CT molecular complexity index is 1010. The number of hydrogen-bond donors (Lipinski definition) is 2. The first-order chi connectivity index (χ1) is 12.4. The number of ether oxygens (including phenoxy) is 1. The second-order valence-corrected chi connectivity index (χ2v) is 8.71. The number of para-hydroxylation sites is 1. The average molecular weight is 366 g/mol. The molecule has 0 aliphatic heterocycles. The number of aromatic hydroxyl groups is 2. The summed E-state index contributed by atoms with van der Waals surface area (Å²) in [6.07, 6.45) is 1.27. The lowest BCUT2D eigenvalue weighted by atomic mass is 10.0. The van der Waals surface area contributed by atoms with Gasteiger partial charge in [-0.1, -0.05) is 49.0 Å². The molecular weight excluding hydrogens is 347 g/mol. The Labute approximate surface area is 152 Å². The van der Waals surface area contributed by atoms with E-state index in [1.807, 2.05) is 18.2 Å². The van der Waals surface area contributed by atoms with Crippen molar-refractivity contribution in [3.8, 4) is 28.4 Å². The van der Waals surface area contributed by atoms with Crippen LogP contribution in [-0.4, -0.2) is 16.9 Å². The molecule has 3 aromatic rings. The Hall–Kier alpha value is -2.97. The minimum atomic E-state index is -3.18. The molecule has 3 aromatic carbocycles. The Morgan fingerprint density at radius 1 is 0.885 bits per heavy atom. The van der Waals surface area contributed by atoms with Crippen LogP contribution in [0.1, 0.15) is 0 Å². The smallest absolute Gasteiger partial charge is 0.144 e. The van der Waals surface area contributed by atoms with Crippen LogP contribution in [-0.2, 0) is 4.57 Å². The van der Waals surface area contributed by atoms with Crippen LogP contribution in [0, 0.1) is 0 Å². The first-order valence-corrected chi connectivity index (χ1v) is 10.2. The van der Waals surface area contributed by atoms with Gasteiger partial charge in [0.1, 0.15) is 24.4 Å². The van der Waals surface area contributed by atoms with E-state index in [2.05, 4.69) is 6.58 Å². The molecule has 0 spiro atoms. The third-order valence-electron chi connectivity index (χ3n) is 4.18. The monoisotopic (exact) mass is 366 g/mol. The molecule has 0 heterocycles. The zero-order valence-corrected chi connectivity index (χ0v) is 15.2. The number of rotatable bonds is 5. The summed E-state index contributed by atoms with van der Waals surface area (Å²) in [4.78, 5) is 0. The van der Waals surface area contributed by atoms with Gasteiger partial charge >= 0.3 is 0 Å². The van der Waals surface area contributed by atoms with E-state index in [4.69, 9.17) is 4.74 Å². The van der Waals surface area contributed by atoms with Gasteiger partial charge in [-0.15, -0.1) is 0 Å². The van der Waals surface area contributed by atoms with E-state index in [9.17, 15) is 14.8 Å². The van der Waals surface area contributed by atoms with Gasteiger partial charge in [-0.3, -0.25) is 0 Å². The Morgan fingerprint density at radius 3 is 2.23 bits per heavy atom. The minimum absolute atomic E-state index is 0.0701. The van der Waals surface area contributed by atoms with Gasteiger partial charge < -0.3 is 19.5 Å². The maximum Gasteiger partial charge on any atom is 0.144 e. The molecule has 132 valence electrons. The fourth-order valence-corrected chi connectivity index (χ4v) is 5.09. The molecule has 0 saturated heterocycles. The number of phenols is 2. The summed E-state index contributed by atoms with van der Waals surface area (Å²) in [6, 6.07) is 18.6. The zero-order chi connectivity index (χ0) is 18.7. The fourth-order valence-electron chi connectivity index (χ4n) is 2.92. The maximum atomic E-state index is 13.8. The quantitative estimate of drug-likeness (QED) is 0.524. The van der Waals surface area contributed by atoms with E-state index >= 15 is 0 Å². The molecule has 0 fully saturated rings. The molecule has 0 bridgehead atoms. The van der Waals surface area contributed by atoms with E-state index in [1.54, 1.807) is 49.1 Å². The molecule has 0 aliphatic carbocycles. The first-order valence-electron chi connectivity index (χ1n) is 8.02. The maximum absolute atomic E-state index is 13.8. The molecule has 1 atom stereocenters. The van der Waals surface area contributed by atoms with Crippen molar-refractivity contribution in [2.75, 3.05) is 6.66 Å². The standard InChI is InChI=1S/C21H19O4P/c1-3-25-15-12-13-19(23)21(14-15)26(2,24)20-11-7-5-9-17(20)16-8-4-6-10-18(16)22/h3-14,22-23H,1H2,2H3. The molecule has 5 heteroatoms. The highest BCUT2D eigenvalue weighted by molar-refractivity contribution is 7.78. The van der Waals surface area contributed by atoms with Gasteiger partial charge in [0.2, 0.25) is 0 Å². The average Bonchev–Trinajstić information content (AvgIpc) is 2.64. The highest BCUT2D eigenvalue weighted by Crippen LogP contribution is 2.46. The van der Waals surface area contributed by atoms with Crippen LogP contribution in [0.3, 0.4) is 0 Å². The Balaban J connectivity index is 2.21. The van der Waals surface area contributed by atoms with E-state index in [1.165, 1.54) is 12.3 Å². The van der Waals surface area contributed by atoms with Crippen molar-refractivity contribution in [1.82, 2.24) is 0 Å². The normalized spacial score (nSPS) is 13.0. The minimum Gasteiger partial charge on any atom is -0.507 e. The first kappa shape index (κ1) is 17.8. The summed E-state index contributed by atoms with van der Waals surface area (Å²) in [6.45, 7) is 5.11. The summed E-state index contributed by atoms with van der Waals surface area (Å²) in [5.74, 6) is 0.474. The lowest BCUT2D eigenvalue weighted by molar-refractivity contribution is 0.468. The van der Waals surface area contributed by atoms with Crippen molar-refractivity contribution in [1.29, 1.82) is 0 Å². The van der Waals surface area contributed by atoms with Crippen LogP contribution in [0.4, 0.5) is 0 Å². The molecule has 2 N–H and O–H groups in total. The van der Waals surface area contributed by atoms with Gasteiger partial charge in [-0.25, -0.2) is 0 Å². The van der Waals surface area contributed by atoms with Gasteiger partial charge in [0.25, 0.3) is 0 Å². The Kier molecular flexibility index (Phi) is 4.88. The van der Waals surface area contributed by atoms with Gasteiger partial charge in [0, 0.05) is 10.9 Å². The molecule has 4 nitrogen and oxygen atoms in total. The molecular formula is C21H19O4P. The topological polar surface area (TPSA) is 66.8 Å². The lowest BCUT2D eigenvalue weighted by Gasteiger charge is -2.20. The highest BCUT2D eigenvalue weighted by Gasteiger charge is 2.28. The summed E-state index contributed by atoms with van der Waals surface area (Å²) in [5, 5.41) is 21.4. The molecule has 0 amide bonds. The predicted octanol–water partition coefficient (Wildman–Crippen LogP) is 4.23. The SMILES string of the molecule is C=COc1ccc(O)c(P(C)(=O)c2ccccc2-c2ccccc2O)c1. The second-order valence-electron chi connectivity index (χ2n) is 5.89. The Morgan fingerprint density at radius 2 is 1.54 bits per heavy atom. The van der Waals surface area contributed by atoms with Crippen LogP contribution in [0.25, 0.3) is 11.1 Å². The summed E-state index contributed by atoms with van der Waals surface area (Å²) in [5.41, 5.74) is 1.24. The van der Waals surface area contributed by atoms with Crippen LogP contribution in [0.15, 0.2) is 79.6 Å². The third-order valence-corrected chi connectivity index (χ3v) is 6.77. The fraction of sp³-hybridized carbons (Fsp3) is 0.0476. The summed E-state index contributed by atoms with van der Waals surface area (Å²) < 4.78 is 19.0. The molecule has 26 heavy (non-hydrogen) atoms. The zero-order valence-electron chi connectivity index (χ0n) is 14.3. The van der Waals surface area contributed by atoms with Crippen molar-refractivity contribution in [3.05, 3.63) is 79.6 Å². The van der Waals surface area contributed by atoms with Crippen molar-refractivity contribution in [2.24, 2.45) is 0 Å². The van der Waals surface area contributed by atoms with Crippen molar-refractivity contribution in [2.45, 2.75) is 0 Å². The van der Waals surface area contributed by atoms with Gasteiger partial charge in [0.05, 0.1) is 11.6 Å². The van der Waals surface area contributed by atoms with E-state index in [-0.39, 0.29) is 11.5 Å². The second kappa shape index (κ2) is 7.11. The molecule has 0 aromatic heterocycles. The molecule has 3 rings (SSSR count). The van der Waals surface area contributed by atoms with Crippen LogP contribution in [0.2, 0.25) is 0 Å². The van der Waals surface area contributed by atoms with Crippen molar-refractivity contribution < 1.29 is 19.5 Å².